The number of nitrogens with one attached hydrogen (secondary N) is 1. The molecule has 0 saturated heterocycles. The molecule has 4 rings (SSSR count). The molecule has 1 aliphatic carbocycles. The van der Waals surface area contributed by atoms with Gasteiger partial charge in [-0.15, -0.1) is 0 Å². The smallest absolute Gasteiger partial charge is 0.257 e. The number of ether oxygens (including phenoxy) is 1. The number of rotatable bonds is 5. The summed E-state index contributed by atoms with van der Waals surface area (Å²) in [5.41, 5.74) is 4.58. The fraction of sp³-hybridized carbons (Fsp3) is 0.409. The molecular weight excluding hydrogens is 352 g/mol. The largest absolute Gasteiger partial charge is 0.491 e. The molecule has 0 fully saturated rings. The van der Waals surface area contributed by atoms with Gasteiger partial charge in [-0.3, -0.25) is 4.79 Å². The van der Waals surface area contributed by atoms with Gasteiger partial charge in [-0.05, 0) is 62.3 Å². The van der Waals surface area contributed by atoms with E-state index in [0.29, 0.717) is 23.7 Å². The Balaban J connectivity index is 1.47. The van der Waals surface area contributed by atoms with Crippen molar-refractivity contribution in [3.63, 3.8) is 0 Å². The van der Waals surface area contributed by atoms with E-state index in [1.165, 1.54) is 11.3 Å². The number of hydrogen-bond acceptors (Lipinski definition) is 4. The molecule has 28 heavy (non-hydrogen) atoms. The zero-order valence-corrected chi connectivity index (χ0v) is 16.6. The molecule has 1 unspecified atom stereocenters. The second-order valence-electron chi connectivity index (χ2n) is 7.86. The summed E-state index contributed by atoms with van der Waals surface area (Å²) in [5.74, 6) is 1.34. The van der Waals surface area contributed by atoms with Crippen molar-refractivity contribution >= 4 is 11.6 Å². The third-order valence-electron chi connectivity index (χ3n) is 5.15. The molecule has 3 aromatic rings. The van der Waals surface area contributed by atoms with Crippen molar-refractivity contribution in [1.82, 2.24) is 19.9 Å². The van der Waals surface area contributed by atoms with Gasteiger partial charge in [0.05, 0.1) is 12.3 Å². The van der Waals surface area contributed by atoms with Crippen LogP contribution in [0, 0.1) is 5.92 Å². The highest BCUT2D eigenvalue weighted by molar-refractivity contribution is 5.99. The maximum Gasteiger partial charge on any atom is 0.257 e. The van der Waals surface area contributed by atoms with E-state index in [1.54, 1.807) is 6.20 Å². The van der Waals surface area contributed by atoms with Gasteiger partial charge >= 0.3 is 0 Å². The summed E-state index contributed by atoms with van der Waals surface area (Å²) >= 11 is 0. The van der Waals surface area contributed by atoms with Crippen LogP contribution in [0.5, 0.6) is 5.75 Å². The Kier molecular flexibility index (Phi) is 5.03. The van der Waals surface area contributed by atoms with Crippen LogP contribution in [0.1, 0.15) is 54.4 Å². The Bertz CT molecular complexity index is 992. The minimum atomic E-state index is -0.158. The van der Waals surface area contributed by atoms with Gasteiger partial charge < -0.3 is 10.1 Å². The molecule has 1 amide bonds. The lowest BCUT2D eigenvalue weighted by molar-refractivity contribution is 0.0952. The van der Waals surface area contributed by atoms with E-state index in [9.17, 15) is 4.79 Å². The van der Waals surface area contributed by atoms with E-state index in [0.717, 1.165) is 30.6 Å². The van der Waals surface area contributed by atoms with Crippen LogP contribution in [0.4, 0.5) is 0 Å². The van der Waals surface area contributed by atoms with Crippen molar-refractivity contribution in [3.8, 4) is 5.75 Å². The van der Waals surface area contributed by atoms with Gasteiger partial charge in [-0.25, -0.2) is 9.50 Å². The van der Waals surface area contributed by atoms with Gasteiger partial charge in [0.2, 0.25) is 0 Å². The first kappa shape index (κ1) is 18.5. The molecule has 0 aliphatic heterocycles. The van der Waals surface area contributed by atoms with E-state index < -0.39 is 0 Å². The van der Waals surface area contributed by atoms with E-state index in [2.05, 4.69) is 22.3 Å². The van der Waals surface area contributed by atoms with Crippen molar-refractivity contribution < 1.29 is 9.53 Å². The van der Waals surface area contributed by atoms with Crippen LogP contribution in [-0.2, 0) is 19.4 Å². The molecule has 1 aromatic carbocycles. The van der Waals surface area contributed by atoms with Crippen LogP contribution in [0.3, 0.4) is 0 Å². The normalized spacial score (nSPS) is 16.2. The lowest BCUT2D eigenvalue weighted by Crippen LogP contribution is -2.23. The first-order valence-corrected chi connectivity index (χ1v) is 9.89. The molecule has 1 aliphatic rings. The molecule has 0 radical (unpaired) electrons. The van der Waals surface area contributed by atoms with Crippen molar-refractivity contribution in [1.29, 1.82) is 0 Å². The molecule has 2 aromatic heterocycles. The third-order valence-corrected chi connectivity index (χ3v) is 5.15. The van der Waals surface area contributed by atoms with E-state index in [-0.39, 0.29) is 12.0 Å². The first-order valence-electron chi connectivity index (χ1n) is 9.89. The van der Waals surface area contributed by atoms with Crippen LogP contribution in [-0.4, -0.2) is 26.6 Å². The van der Waals surface area contributed by atoms with Crippen molar-refractivity contribution in [2.24, 2.45) is 5.92 Å². The molecule has 0 saturated carbocycles. The van der Waals surface area contributed by atoms with Gasteiger partial charge in [0, 0.05) is 18.4 Å². The number of fused-ring (bicyclic) bond motifs is 3. The monoisotopic (exact) mass is 378 g/mol. The third kappa shape index (κ3) is 3.72. The molecule has 0 spiro atoms. The number of carbonyl (C=O) groups excluding carboxylic acids is 1. The second kappa shape index (κ2) is 7.62. The predicted molar refractivity (Wildman–Crippen MR) is 108 cm³/mol. The summed E-state index contributed by atoms with van der Waals surface area (Å²) in [4.78, 5) is 17.2. The molecule has 6 heteroatoms. The molecule has 146 valence electrons. The molecule has 1 atom stereocenters. The van der Waals surface area contributed by atoms with Gasteiger partial charge in [0.15, 0.2) is 5.65 Å². The Morgan fingerprint density at radius 2 is 2.07 bits per heavy atom. The molecule has 2 heterocycles. The van der Waals surface area contributed by atoms with Crippen molar-refractivity contribution in [3.05, 3.63) is 59.0 Å². The van der Waals surface area contributed by atoms with Crippen LogP contribution < -0.4 is 10.1 Å². The van der Waals surface area contributed by atoms with Gasteiger partial charge in [0.25, 0.3) is 5.91 Å². The lowest BCUT2D eigenvalue weighted by Gasteiger charge is -2.21. The number of nitrogens with zero attached hydrogens (tertiary/aromatic N) is 3. The number of carbonyl (C=O) groups is 1. The highest BCUT2D eigenvalue weighted by atomic mass is 16.5. The average molecular weight is 378 g/mol. The minimum absolute atomic E-state index is 0.141. The van der Waals surface area contributed by atoms with E-state index in [1.807, 2.05) is 48.8 Å². The Labute approximate surface area is 164 Å². The minimum Gasteiger partial charge on any atom is -0.491 e. The van der Waals surface area contributed by atoms with Crippen molar-refractivity contribution in [2.45, 2.75) is 52.7 Å². The zero-order valence-electron chi connectivity index (χ0n) is 16.6. The number of hydrogen-bond donors (Lipinski definition) is 1. The van der Waals surface area contributed by atoms with E-state index in [4.69, 9.17) is 4.74 Å². The lowest BCUT2D eigenvalue weighted by atomic mass is 9.89. The molecule has 1 N–H and O–H groups in total. The summed E-state index contributed by atoms with van der Waals surface area (Å²) < 4.78 is 7.49. The van der Waals surface area contributed by atoms with Crippen LogP contribution in [0.2, 0.25) is 0 Å². The number of aromatic nitrogens is 3. The Morgan fingerprint density at radius 3 is 2.82 bits per heavy atom. The van der Waals surface area contributed by atoms with Crippen LogP contribution in [0.25, 0.3) is 5.65 Å². The zero-order chi connectivity index (χ0) is 19.7. The topological polar surface area (TPSA) is 68.5 Å². The summed E-state index contributed by atoms with van der Waals surface area (Å²) in [6.45, 7) is 6.70. The Hall–Kier alpha value is -2.89. The summed E-state index contributed by atoms with van der Waals surface area (Å²) in [6.07, 6.45) is 6.81. The first-order chi connectivity index (χ1) is 13.5. The summed E-state index contributed by atoms with van der Waals surface area (Å²) in [6, 6.07) is 7.77. The number of aryl methyl sites for hydroxylation is 1. The highest BCUT2D eigenvalue weighted by Gasteiger charge is 2.22. The number of amides is 1. The number of benzene rings is 1. The van der Waals surface area contributed by atoms with Gasteiger partial charge in [0.1, 0.15) is 11.3 Å². The Morgan fingerprint density at radius 1 is 1.29 bits per heavy atom. The highest BCUT2D eigenvalue weighted by Crippen LogP contribution is 2.25. The maximum absolute atomic E-state index is 12.7. The van der Waals surface area contributed by atoms with Crippen molar-refractivity contribution in [2.75, 3.05) is 0 Å². The van der Waals surface area contributed by atoms with Gasteiger partial charge in [-0.2, -0.15) is 5.10 Å². The van der Waals surface area contributed by atoms with Crippen LogP contribution >= 0.6 is 0 Å². The SMILES string of the molecule is CC1CCc2c(cnc3c(C(=O)NCc4ccc(OC(C)C)cc4)cnn23)C1. The quantitative estimate of drug-likeness (QED) is 0.737. The fourth-order valence-electron chi connectivity index (χ4n) is 3.71. The summed E-state index contributed by atoms with van der Waals surface area (Å²) in [7, 11) is 0. The predicted octanol–water partition coefficient (Wildman–Crippen LogP) is 3.57. The van der Waals surface area contributed by atoms with Gasteiger partial charge in [-0.1, -0.05) is 19.1 Å². The molecule has 0 bridgehead atoms. The fourth-order valence-corrected chi connectivity index (χ4v) is 3.71. The maximum atomic E-state index is 12.7. The average Bonchev–Trinajstić information content (AvgIpc) is 3.11. The standard InChI is InChI=1S/C22H26N4O2/c1-14(2)28-18-7-5-16(6-8-18)11-24-22(27)19-13-25-26-20-9-4-15(3)10-17(20)12-23-21(19)26/h5-8,12-15H,4,9-11H2,1-3H3,(H,24,27). The molecule has 6 nitrogen and oxygen atoms in total. The van der Waals surface area contributed by atoms with Crippen LogP contribution in [0.15, 0.2) is 36.7 Å². The summed E-state index contributed by atoms with van der Waals surface area (Å²) in [5, 5.41) is 7.42. The molecular formula is C22H26N4O2. The second-order valence-corrected chi connectivity index (χ2v) is 7.86. The van der Waals surface area contributed by atoms with E-state index >= 15 is 0 Å².